The SMILES string of the molecule is C/C(=N\O)c1cc2cc(Br)ccc2o1. The fourth-order valence-corrected chi connectivity index (χ4v) is 1.62. The Morgan fingerprint density at radius 1 is 1.43 bits per heavy atom. The molecule has 0 atom stereocenters. The van der Waals surface area contributed by atoms with Crippen LogP contribution in [0.4, 0.5) is 0 Å². The first-order valence-corrected chi connectivity index (χ1v) is 4.88. The number of hydrogen-bond donors (Lipinski definition) is 1. The summed E-state index contributed by atoms with van der Waals surface area (Å²) in [5.41, 5.74) is 1.25. The number of rotatable bonds is 1. The molecule has 0 bridgehead atoms. The van der Waals surface area contributed by atoms with Gasteiger partial charge in [-0.2, -0.15) is 0 Å². The normalized spacial score (nSPS) is 12.3. The van der Waals surface area contributed by atoms with Gasteiger partial charge in [0.1, 0.15) is 11.3 Å². The molecule has 0 saturated carbocycles. The number of fused-ring (bicyclic) bond motifs is 1. The van der Waals surface area contributed by atoms with Gasteiger partial charge in [-0.25, -0.2) is 0 Å². The summed E-state index contributed by atoms with van der Waals surface area (Å²) in [5.74, 6) is 0.584. The molecule has 1 aromatic heterocycles. The molecule has 72 valence electrons. The Labute approximate surface area is 89.1 Å². The van der Waals surface area contributed by atoms with Crippen molar-refractivity contribution in [3.63, 3.8) is 0 Å². The minimum Gasteiger partial charge on any atom is -0.455 e. The number of halogens is 1. The predicted molar refractivity (Wildman–Crippen MR) is 57.9 cm³/mol. The maximum Gasteiger partial charge on any atom is 0.152 e. The molecular formula is C10H8BrNO2. The van der Waals surface area contributed by atoms with Gasteiger partial charge >= 0.3 is 0 Å². The van der Waals surface area contributed by atoms with Crippen LogP contribution in [0.5, 0.6) is 0 Å². The van der Waals surface area contributed by atoms with Crippen molar-refractivity contribution in [1.29, 1.82) is 0 Å². The van der Waals surface area contributed by atoms with E-state index in [0.717, 1.165) is 15.4 Å². The second-order valence-corrected chi connectivity index (χ2v) is 3.89. The zero-order chi connectivity index (χ0) is 10.1. The molecule has 0 aliphatic carbocycles. The van der Waals surface area contributed by atoms with Crippen molar-refractivity contribution in [3.8, 4) is 0 Å². The Morgan fingerprint density at radius 3 is 2.93 bits per heavy atom. The van der Waals surface area contributed by atoms with Gasteiger partial charge in [0.15, 0.2) is 5.76 Å². The minimum absolute atomic E-state index is 0.470. The van der Waals surface area contributed by atoms with E-state index in [0.29, 0.717) is 11.5 Å². The van der Waals surface area contributed by atoms with Crippen molar-refractivity contribution >= 4 is 32.6 Å². The molecule has 1 heterocycles. The van der Waals surface area contributed by atoms with Crippen LogP contribution in [0.15, 0.2) is 38.3 Å². The minimum atomic E-state index is 0.470. The van der Waals surface area contributed by atoms with E-state index in [9.17, 15) is 0 Å². The van der Waals surface area contributed by atoms with E-state index in [2.05, 4.69) is 21.1 Å². The third-order valence-electron chi connectivity index (χ3n) is 1.98. The lowest BCUT2D eigenvalue weighted by Crippen LogP contribution is -1.89. The monoisotopic (exact) mass is 253 g/mol. The first kappa shape index (κ1) is 9.27. The summed E-state index contributed by atoms with van der Waals surface area (Å²) in [7, 11) is 0. The van der Waals surface area contributed by atoms with Crippen LogP contribution >= 0.6 is 15.9 Å². The Balaban J connectivity index is 2.62. The van der Waals surface area contributed by atoms with Crippen LogP contribution in [0.1, 0.15) is 12.7 Å². The van der Waals surface area contributed by atoms with E-state index < -0.39 is 0 Å². The van der Waals surface area contributed by atoms with E-state index in [1.165, 1.54) is 0 Å². The standard InChI is InChI=1S/C10H8BrNO2/c1-6(12-13)10-5-7-4-8(11)2-3-9(7)14-10/h2-5,13H,1H3/b12-6+. The lowest BCUT2D eigenvalue weighted by atomic mass is 10.2. The van der Waals surface area contributed by atoms with E-state index >= 15 is 0 Å². The molecule has 3 nitrogen and oxygen atoms in total. The van der Waals surface area contributed by atoms with Crippen molar-refractivity contribution in [2.24, 2.45) is 5.16 Å². The zero-order valence-corrected chi connectivity index (χ0v) is 9.08. The molecule has 0 spiro atoms. The van der Waals surface area contributed by atoms with Crippen LogP contribution < -0.4 is 0 Å². The molecule has 14 heavy (non-hydrogen) atoms. The largest absolute Gasteiger partial charge is 0.455 e. The van der Waals surface area contributed by atoms with Crippen molar-refractivity contribution in [2.75, 3.05) is 0 Å². The van der Waals surface area contributed by atoms with Crippen molar-refractivity contribution in [2.45, 2.75) is 6.92 Å². The Kier molecular flexibility index (Phi) is 2.29. The topological polar surface area (TPSA) is 45.7 Å². The number of furan rings is 1. The van der Waals surface area contributed by atoms with Gasteiger partial charge in [-0.3, -0.25) is 0 Å². The summed E-state index contributed by atoms with van der Waals surface area (Å²) >= 11 is 3.37. The predicted octanol–water partition coefficient (Wildman–Crippen LogP) is 3.39. The highest BCUT2D eigenvalue weighted by molar-refractivity contribution is 9.10. The van der Waals surface area contributed by atoms with E-state index in [-0.39, 0.29) is 0 Å². The van der Waals surface area contributed by atoms with Crippen LogP contribution in [0.2, 0.25) is 0 Å². The zero-order valence-electron chi connectivity index (χ0n) is 7.49. The van der Waals surface area contributed by atoms with Gasteiger partial charge in [-0.15, -0.1) is 0 Å². The van der Waals surface area contributed by atoms with Gasteiger partial charge in [0.2, 0.25) is 0 Å². The molecule has 1 aromatic carbocycles. The van der Waals surface area contributed by atoms with E-state index in [1.54, 1.807) is 6.92 Å². The average molecular weight is 254 g/mol. The molecule has 4 heteroatoms. The molecule has 2 rings (SSSR count). The summed E-state index contributed by atoms with van der Waals surface area (Å²) < 4.78 is 6.46. The van der Waals surface area contributed by atoms with Crippen LogP contribution in [0.25, 0.3) is 11.0 Å². The maximum absolute atomic E-state index is 8.59. The van der Waals surface area contributed by atoms with Crippen LogP contribution in [0, 0.1) is 0 Å². The maximum atomic E-state index is 8.59. The first-order chi connectivity index (χ1) is 6.70. The summed E-state index contributed by atoms with van der Waals surface area (Å²) in [6.45, 7) is 1.69. The van der Waals surface area contributed by atoms with Crippen LogP contribution in [-0.2, 0) is 0 Å². The lowest BCUT2D eigenvalue weighted by Gasteiger charge is -1.89. The second-order valence-electron chi connectivity index (χ2n) is 2.98. The van der Waals surface area contributed by atoms with Gasteiger partial charge < -0.3 is 9.62 Å². The molecule has 1 N–H and O–H groups in total. The van der Waals surface area contributed by atoms with Gasteiger partial charge in [0.05, 0.1) is 0 Å². The number of benzene rings is 1. The molecular weight excluding hydrogens is 246 g/mol. The quantitative estimate of drug-likeness (QED) is 0.481. The molecule has 0 saturated heterocycles. The van der Waals surface area contributed by atoms with E-state index in [1.807, 2.05) is 24.3 Å². The van der Waals surface area contributed by atoms with Crippen molar-refractivity contribution < 1.29 is 9.62 Å². The van der Waals surface area contributed by atoms with Crippen molar-refractivity contribution in [3.05, 3.63) is 34.5 Å². The summed E-state index contributed by atoms with van der Waals surface area (Å²) in [5, 5.41) is 12.7. The first-order valence-electron chi connectivity index (χ1n) is 4.09. The third-order valence-corrected chi connectivity index (χ3v) is 2.48. The smallest absolute Gasteiger partial charge is 0.152 e. The van der Waals surface area contributed by atoms with Gasteiger partial charge in [-0.05, 0) is 31.2 Å². The van der Waals surface area contributed by atoms with Gasteiger partial charge in [0, 0.05) is 9.86 Å². The third kappa shape index (κ3) is 1.53. The highest BCUT2D eigenvalue weighted by Crippen LogP contribution is 2.23. The Bertz CT molecular complexity index is 502. The highest BCUT2D eigenvalue weighted by atomic mass is 79.9. The average Bonchev–Trinajstić information content (AvgIpc) is 2.59. The highest BCUT2D eigenvalue weighted by Gasteiger charge is 2.06. The fraction of sp³-hybridized carbons (Fsp3) is 0.100. The van der Waals surface area contributed by atoms with Crippen LogP contribution in [-0.4, -0.2) is 10.9 Å². The van der Waals surface area contributed by atoms with Gasteiger partial charge in [-0.1, -0.05) is 21.1 Å². The molecule has 0 fully saturated rings. The summed E-state index contributed by atoms with van der Waals surface area (Å²) in [6, 6.07) is 7.57. The summed E-state index contributed by atoms with van der Waals surface area (Å²) in [6.07, 6.45) is 0. The molecule has 0 aliphatic heterocycles. The number of nitrogens with zero attached hydrogens (tertiary/aromatic N) is 1. The lowest BCUT2D eigenvalue weighted by molar-refractivity contribution is 0.318. The molecule has 0 amide bonds. The number of hydrogen-bond acceptors (Lipinski definition) is 3. The Morgan fingerprint density at radius 2 is 2.21 bits per heavy atom. The van der Waals surface area contributed by atoms with E-state index in [4.69, 9.17) is 9.62 Å². The van der Waals surface area contributed by atoms with Gasteiger partial charge in [0.25, 0.3) is 0 Å². The summed E-state index contributed by atoms with van der Waals surface area (Å²) in [4.78, 5) is 0. The molecule has 2 aromatic rings. The number of oxime groups is 1. The Hall–Kier alpha value is -1.29. The molecule has 0 unspecified atom stereocenters. The molecule has 0 aliphatic rings. The van der Waals surface area contributed by atoms with Crippen molar-refractivity contribution in [1.82, 2.24) is 0 Å². The van der Waals surface area contributed by atoms with Crippen LogP contribution in [0.3, 0.4) is 0 Å². The second kappa shape index (κ2) is 3.46. The fourth-order valence-electron chi connectivity index (χ4n) is 1.24. The molecule has 0 radical (unpaired) electrons.